The number of rotatable bonds is 3. The molecule has 1 saturated heterocycles. The van der Waals surface area contributed by atoms with Gasteiger partial charge in [0.1, 0.15) is 0 Å². The second-order valence-electron chi connectivity index (χ2n) is 3.26. The van der Waals surface area contributed by atoms with Gasteiger partial charge in [0.2, 0.25) is 5.88 Å². The van der Waals surface area contributed by atoms with Crippen LogP contribution >= 0.6 is 23.3 Å². The molecule has 1 N–H and O–H groups in total. The Hall–Kier alpha value is -0.260. The Morgan fingerprint density at radius 2 is 2.57 bits per heavy atom. The number of nitrogens with zero attached hydrogens (tertiary/aromatic N) is 1. The van der Waals surface area contributed by atoms with Gasteiger partial charge in [-0.05, 0) is 18.0 Å². The number of methoxy groups -OCH3 is 1. The van der Waals surface area contributed by atoms with Gasteiger partial charge in [-0.1, -0.05) is 6.92 Å². The fourth-order valence-electron chi connectivity index (χ4n) is 1.41. The van der Waals surface area contributed by atoms with E-state index in [-0.39, 0.29) is 0 Å². The minimum Gasteiger partial charge on any atom is -0.480 e. The van der Waals surface area contributed by atoms with Gasteiger partial charge in [-0.25, -0.2) is 0 Å². The summed E-state index contributed by atoms with van der Waals surface area (Å²) < 4.78 is 9.27. The molecule has 1 aromatic rings. The lowest BCUT2D eigenvalue weighted by Crippen LogP contribution is -2.24. The van der Waals surface area contributed by atoms with E-state index in [9.17, 15) is 0 Å². The number of nitrogens with one attached hydrogen (secondary N) is 1. The fraction of sp³-hybridized carbons (Fsp3) is 0.667. The topological polar surface area (TPSA) is 34.1 Å². The maximum absolute atomic E-state index is 5.07. The van der Waals surface area contributed by atoms with Gasteiger partial charge in [0.15, 0.2) is 0 Å². The standard InChI is InChI=1S/C9H14N2OS2/c1-3-6-5-13-9(10-6)7-4-8(12-2)11-14-7/h4,6,9-10H,3,5H2,1-2H3. The van der Waals surface area contributed by atoms with Gasteiger partial charge >= 0.3 is 0 Å². The van der Waals surface area contributed by atoms with Crippen molar-refractivity contribution in [2.45, 2.75) is 24.8 Å². The number of hydrogen-bond donors (Lipinski definition) is 1. The van der Waals surface area contributed by atoms with Gasteiger partial charge in [0, 0.05) is 17.9 Å². The zero-order valence-electron chi connectivity index (χ0n) is 8.32. The lowest BCUT2D eigenvalue weighted by molar-refractivity contribution is 0.402. The molecule has 1 aliphatic rings. The molecule has 2 atom stereocenters. The molecule has 3 nitrogen and oxygen atoms in total. The summed E-state index contributed by atoms with van der Waals surface area (Å²) in [7, 11) is 1.66. The van der Waals surface area contributed by atoms with E-state index in [4.69, 9.17) is 4.74 Å². The average molecular weight is 230 g/mol. The quantitative estimate of drug-likeness (QED) is 0.863. The Morgan fingerprint density at radius 1 is 1.71 bits per heavy atom. The van der Waals surface area contributed by atoms with Crippen molar-refractivity contribution in [1.29, 1.82) is 0 Å². The van der Waals surface area contributed by atoms with Crippen molar-refractivity contribution in [2.75, 3.05) is 12.9 Å². The molecule has 1 fully saturated rings. The summed E-state index contributed by atoms with van der Waals surface area (Å²) in [5.41, 5.74) is 0. The van der Waals surface area contributed by atoms with E-state index in [2.05, 4.69) is 16.6 Å². The SMILES string of the molecule is CCC1CSC(c2cc(OC)ns2)N1. The van der Waals surface area contributed by atoms with Gasteiger partial charge in [-0.3, -0.25) is 5.32 Å². The highest BCUT2D eigenvalue weighted by Gasteiger charge is 2.25. The fourth-order valence-corrected chi connectivity index (χ4v) is 3.67. The number of hydrogen-bond acceptors (Lipinski definition) is 5. The highest BCUT2D eigenvalue weighted by Crippen LogP contribution is 2.36. The molecule has 0 aromatic carbocycles. The Kier molecular flexibility index (Phi) is 3.30. The third kappa shape index (κ3) is 2.04. The van der Waals surface area contributed by atoms with Gasteiger partial charge in [-0.15, -0.1) is 11.8 Å². The predicted molar refractivity (Wildman–Crippen MR) is 61.1 cm³/mol. The molecule has 5 heteroatoms. The van der Waals surface area contributed by atoms with Crippen LogP contribution in [0.1, 0.15) is 23.6 Å². The van der Waals surface area contributed by atoms with Crippen LogP contribution in [0.5, 0.6) is 5.88 Å². The van der Waals surface area contributed by atoms with Gasteiger partial charge < -0.3 is 4.74 Å². The van der Waals surface area contributed by atoms with E-state index < -0.39 is 0 Å². The van der Waals surface area contributed by atoms with Crippen molar-refractivity contribution in [3.8, 4) is 5.88 Å². The Balaban J connectivity index is 2.02. The first kappa shape index (κ1) is 10.3. The van der Waals surface area contributed by atoms with Crippen LogP contribution in [0.4, 0.5) is 0 Å². The molecule has 0 saturated carbocycles. The first-order valence-corrected chi connectivity index (χ1v) is 6.54. The minimum atomic E-state index is 0.418. The number of ether oxygens (including phenoxy) is 1. The monoisotopic (exact) mass is 230 g/mol. The summed E-state index contributed by atoms with van der Waals surface area (Å²) in [4.78, 5) is 1.27. The molecule has 0 radical (unpaired) electrons. The molecule has 14 heavy (non-hydrogen) atoms. The van der Waals surface area contributed by atoms with Crippen LogP contribution in [0, 0.1) is 0 Å². The molecule has 1 aromatic heterocycles. The zero-order chi connectivity index (χ0) is 9.97. The van der Waals surface area contributed by atoms with E-state index in [1.54, 1.807) is 7.11 Å². The second-order valence-corrected chi connectivity index (χ2v) is 5.23. The van der Waals surface area contributed by atoms with Crippen molar-refractivity contribution in [1.82, 2.24) is 9.69 Å². The molecule has 0 amide bonds. The van der Waals surface area contributed by atoms with Crippen molar-refractivity contribution >= 4 is 23.3 Å². The molecule has 0 bridgehead atoms. The van der Waals surface area contributed by atoms with Crippen LogP contribution in [0.25, 0.3) is 0 Å². The minimum absolute atomic E-state index is 0.418. The van der Waals surface area contributed by atoms with E-state index in [0.29, 0.717) is 11.4 Å². The maximum atomic E-state index is 5.07. The summed E-state index contributed by atoms with van der Waals surface area (Å²) in [6.45, 7) is 2.22. The number of aromatic nitrogens is 1. The summed E-state index contributed by atoms with van der Waals surface area (Å²) in [6.07, 6.45) is 1.19. The molecular weight excluding hydrogens is 216 g/mol. The van der Waals surface area contributed by atoms with E-state index in [1.165, 1.54) is 28.6 Å². The van der Waals surface area contributed by atoms with Crippen LogP contribution in [0.2, 0.25) is 0 Å². The Morgan fingerprint density at radius 3 is 3.14 bits per heavy atom. The average Bonchev–Trinajstić information content (AvgIpc) is 2.86. The highest BCUT2D eigenvalue weighted by atomic mass is 32.2. The predicted octanol–water partition coefficient (Wildman–Crippen LogP) is 2.27. The summed E-state index contributed by atoms with van der Waals surface area (Å²) in [6, 6.07) is 2.67. The molecule has 1 aliphatic heterocycles. The molecular formula is C9H14N2OS2. The van der Waals surface area contributed by atoms with Gasteiger partial charge in [0.25, 0.3) is 0 Å². The lowest BCUT2D eigenvalue weighted by Gasteiger charge is -2.08. The van der Waals surface area contributed by atoms with Crippen molar-refractivity contribution in [3.63, 3.8) is 0 Å². The molecule has 0 aliphatic carbocycles. The van der Waals surface area contributed by atoms with Gasteiger partial charge in [0.05, 0.1) is 17.4 Å². The Labute approximate surface area is 92.4 Å². The molecule has 2 rings (SSSR count). The Bertz CT molecular complexity index is 303. The van der Waals surface area contributed by atoms with Crippen LogP contribution < -0.4 is 10.1 Å². The number of thioether (sulfide) groups is 1. The maximum Gasteiger partial charge on any atom is 0.225 e. The molecule has 2 unspecified atom stereocenters. The van der Waals surface area contributed by atoms with Crippen molar-refractivity contribution < 1.29 is 4.74 Å². The third-order valence-electron chi connectivity index (χ3n) is 2.32. The first-order chi connectivity index (χ1) is 6.83. The summed E-state index contributed by atoms with van der Waals surface area (Å²) in [5.74, 6) is 1.92. The zero-order valence-corrected chi connectivity index (χ0v) is 9.95. The second kappa shape index (κ2) is 4.51. The van der Waals surface area contributed by atoms with Crippen molar-refractivity contribution in [3.05, 3.63) is 10.9 Å². The summed E-state index contributed by atoms with van der Waals surface area (Å²) >= 11 is 3.48. The van der Waals surface area contributed by atoms with E-state index in [0.717, 1.165) is 5.88 Å². The summed E-state index contributed by atoms with van der Waals surface area (Å²) in [5, 5.41) is 3.99. The van der Waals surface area contributed by atoms with Gasteiger partial charge in [-0.2, -0.15) is 4.37 Å². The van der Waals surface area contributed by atoms with Crippen LogP contribution in [0.3, 0.4) is 0 Å². The third-order valence-corrected chi connectivity index (χ3v) is 4.62. The van der Waals surface area contributed by atoms with Crippen molar-refractivity contribution in [2.24, 2.45) is 0 Å². The molecule has 2 heterocycles. The smallest absolute Gasteiger partial charge is 0.225 e. The lowest BCUT2D eigenvalue weighted by atomic mass is 10.2. The highest BCUT2D eigenvalue weighted by molar-refractivity contribution is 7.99. The normalized spacial score (nSPS) is 26.7. The van der Waals surface area contributed by atoms with Crippen LogP contribution in [-0.4, -0.2) is 23.3 Å². The first-order valence-electron chi connectivity index (χ1n) is 4.71. The molecule has 0 spiro atoms. The largest absolute Gasteiger partial charge is 0.480 e. The molecule has 78 valence electrons. The van der Waals surface area contributed by atoms with Crippen LogP contribution in [-0.2, 0) is 0 Å². The van der Waals surface area contributed by atoms with Crippen LogP contribution in [0.15, 0.2) is 6.07 Å². The van der Waals surface area contributed by atoms with E-state index in [1.807, 2.05) is 17.8 Å². The van der Waals surface area contributed by atoms with E-state index >= 15 is 0 Å².